The zero-order valence-corrected chi connectivity index (χ0v) is 12.5. The summed E-state index contributed by atoms with van der Waals surface area (Å²) in [5, 5.41) is 12.8. The van der Waals surface area contributed by atoms with Gasteiger partial charge in [-0.25, -0.2) is 13.6 Å². The van der Waals surface area contributed by atoms with E-state index in [2.05, 4.69) is 17.1 Å². The van der Waals surface area contributed by atoms with Crippen LogP contribution in [0, 0.1) is 0 Å². The second kappa shape index (κ2) is 4.97. The van der Waals surface area contributed by atoms with Gasteiger partial charge in [0.1, 0.15) is 5.82 Å². The van der Waals surface area contributed by atoms with Gasteiger partial charge in [0.05, 0.1) is 0 Å². The molecule has 0 aliphatic rings. The molecule has 0 aliphatic carbocycles. The van der Waals surface area contributed by atoms with Gasteiger partial charge in [-0.15, -0.1) is 10.2 Å². The van der Waals surface area contributed by atoms with Crippen LogP contribution in [0.5, 0.6) is 0 Å². The molecule has 1 atom stereocenters. The lowest BCUT2D eigenvalue weighted by molar-refractivity contribution is 0.341. The Morgan fingerprint density at radius 3 is 2.28 bits per heavy atom. The van der Waals surface area contributed by atoms with Crippen LogP contribution in [0.4, 0.5) is 0 Å². The molecule has 1 rings (SSSR count). The molecule has 0 bridgehead atoms. The quantitative estimate of drug-likeness (QED) is 0.902. The molecule has 7 heteroatoms. The first-order valence-electron chi connectivity index (χ1n) is 6.07. The molecule has 18 heavy (non-hydrogen) atoms. The third-order valence-corrected chi connectivity index (χ3v) is 3.52. The molecule has 0 spiro atoms. The molecule has 0 aliphatic heterocycles. The molecule has 1 unspecified atom stereocenters. The average Bonchev–Trinajstić information content (AvgIpc) is 2.60. The fourth-order valence-electron chi connectivity index (χ4n) is 1.98. The molecule has 0 saturated heterocycles. The number of hydrogen-bond donors (Lipinski definition) is 1. The van der Waals surface area contributed by atoms with Crippen molar-refractivity contribution in [3.8, 4) is 0 Å². The van der Waals surface area contributed by atoms with Gasteiger partial charge in [-0.2, -0.15) is 0 Å². The van der Waals surface area contributed by atoms with E-state index in [0.29, 0.717) is 5.82 Å². The van der Waals surface area contributed by atoms with E-state index in [1.54, 1.807) is 4.57 Å². The van der Waals surface area contributed by atoms with Crippen molar-refractivity contribution in [1.29, 1.82) is 0 Å². The smallest absolute Gasteiger partial charge is 0.273 e. The Balaban J connectivity index is 3.43. The number of nitrogens with two attached hydrogens (primary N) is 1. The lowest BCUT2D eigenvalue weighted by Gasteiger charge is -2.26. The standard InChI is InChI=1S/C11H22N4O2S/c1-6-7-8(2)9-13-14-10(18(12,16)17)15(9)11(3,4)5/h8H,6-7H2,1-5H3,(H2,12,16,17). The summed E-state index contributed by atoms with van der Waals surface area (Å²) in [6.07, 6.45) is 1.93. The Labute approximate surface area is 109 Å². The molecule has 0 fully saturated rings. The summed E-state index contributed by atoms with van der Waals surface area (Å²) in [5.74, 6) is 0.825. The second-order valence-corrected chi connectivity index (χ2v) is 7.04. The average molecular weight is 274 g/mol. The molecular formula is C11H22N4O2S. The number of primary sulfonamides is 1. The van der Waals surface area contributed by atoms with Gasteiger partial charge in [0.15, 0.2) is 0 Å². The maximum Gasteiger partial charge on any atom is 0.273 e. The molecule has 6 nitrogen and oxygen atoms in total. The fraction of sp³-hybridized carbons (Fsp3) is 0.818. The summed E-state index contributed by atoms with van der Waals surface area (Å²) in [6, 6.07) is 0. The molecule has 1 aromatic rings. The second-order valence-electron chi connectivity index (χ2n) is 5.58. The highest BCUT2D eigenvalue weighted by Gasteiger charge is 2.30. The predicted octanol–water partition coefficient (Wildman–Crippen LogP) is 1.58. The minimum Gasteiger partial charge on any atom is -0.295 e. The number of rotatable bonds is 4. The SMILES string of the molecule is CCCC(C)c1nnc(S(N)(=O)=O)n1C(C)(C)C. The van der Waals surface area contributed by atoms with Gasteiger partial charge >= 0.3 is 0 Å². The summed E-state index contributed by atoms with van der Waals surface area (Å²) in [4.78, 5) is 0. The van der Waals surface area contributed by atoms with Gasteiger partial charge in [-0.3, -0.25) is 4.57 Å². The molecule has 1 aromatic heterocycles. The van der Waals surface area contributed by atoms with Crippen molar-refractivity contribution in [1.82, 2.24) is 14.8 Å². The summed E-state index contributed by atoms with van der Waals surface area (Å²) < 4.78 is 24.7. The van der Waals surface area contributed by atoms with Crippen LogP contribution in [0.15, 0.2) is 5.16 Å². The van der Waals surface area contributed by atoms with Crippen molar-refractivity contribution in [2.45, 2.75) is 64.1 Å². The van der Waals surface area contributed by atoms with Crippen LogP contribution in [0.2, 0.25) is 0 Å². The highest BCUT2D eigenvalue weighted by molar-refractivity contribution is 7.89. The number of nitrogens with zero attached hydrogens (tertiary/aromatic N) is 3. The third-order valence-electron chi connectivity index (χ3n) is 2.75. The van der Waals surface area contributed by atoms with Gasteiger partial charge in [-0.05, 0) is 27.2 Å². The van der Waals surface area contributed by atoms with Crippen LogP contribution in [0.25, 0.3) is 0 Å². The molecule has 0 saturated carbocycles. The van der Waals surface area contributed by atoms with E-state index in [4.69, 9.17) is 5.14 Å². The predicted molar refractivity (Wildman–Crippen MR) is 69.7 cm³/mol. The Morgan fingerprint density at radius 1 is 1.33 bits per heavy atom. The van der Waals surface area contributed by atoms with Crippen molar-refractivity contribution in [3.05, 3.63) is 5.82 Å². The van der Waals surface area contributed by atoms with Gasteiger partial charge in [0.25, 0.3) is 15.2 Å². The highest BCUT2D eigenvalue weighted by Crippen LogP contribution is 2.27. The largest absolute Gasteiger partial charge is 0.295 e. The minimum atomic E-state index is -3.85. The molecule has 104 valence electrons. The zero-order chi connectivity index (χ0) is 14.1. The maximum atomic E-state index is 11.5. The third kappa shape index (κ3) is 3.08. The van der Waals surface area contributed by atoms with Crippen molar-refractivity contribution >= 4 is 10.0 Å². The Kier molecular flexibility index (Phi) is 4.17. The molecule has 1 heterocycles. The van der Waals surface area contributed by atoms with Crippen molar-refractivity contribution in [3.63, 3.8) is 0 Å². The number of aromatic nitrogens is 3. The summed E-state index contributed by atoms with van der Waals surface area (Å²) in [7, 11) is -3.85. The Morgan fingerprint density at radius 2 is 1.89 bits per heavy atom. The van der Waals surface area contributed by atoms with Gasteiger partial charge < -0.3 is 0 Å². The van der Waals surface area contributed by atoms with Gasteiger partial charge in [-0.1, -0.05) is 20.3 Å². The first-order valence-corrected chi connectivity index (χ1v) is 7.62. The monoisotopic (exact) mass is 274 g/mol. The highest BCUT2D eigenvalue weighted by atomic mass is 32.2. The van der Waals surface area contributed by atoms with Gasteiger partial charge in [0, 0.05) is 11.5 Å². The van der Waals surface area contributed by atoms with Crippen LogP contribution in [-0.2, 0) is 15.6 Å². The van der Waals surface area contributed by atoms with Crippen LogP contribution in [-0.4, -0.2) is 23.2 Å². The number of sulfonamides is 1. The molecule has 0 amide bonds. The number of hydrogen-bond acceptors (Lipinski definition) is 4. The van der Waals surface area contributed by atoms with Crippen LogP contribution in [0.1, 0.15) is 59.2 Å². The topological polar surface area (TPSA) is 90.9 Å². The van der Waals surface area contributed by atoms with E-state index >= 15 is 0 Å². The first-order chi connectivity index (χ1) is 8.09. The van der Waals surface area contributed by atoms with Crippen molar-refractivity contribution in [2.75, 3.05) is 0 Å². The van der Waals surface area contributed by atoms with E-state index in [1.807, 2.05) is 27.7 Å². The Bertz CT molecular complexity index is 514. The molecule has 0 radical (unpaired) electrons. The summed E-state index contributed by atoms with van der Waals surface area (Å²) in [6.45, 7) is 9.82. The van der Waals surface area contributed by atoms with E-state index in [0.717, 1.165) is 12.8 Å². The molecular weight excluding hydrogens is 252 g/mol. The van der Waals surface area contributed by atoms with E-state index in [1.165, 1.54) is 0 Å². The first kappa shape index (κ1) is 15.1. The normalized spacial score (nSPS) is 14.8. The molecule has 0 aromatic carbocycles. The fourth-order valence-corrected chi connectivity index (χ4v) is 2.75. The maximum absolute atomic E-state index is 11.5. The van der Waals surface area contributed by atoms with Crippen LogP contribution in [0.3, 0.4) is 0 Å². The summed E-state index contributed by atoms with van der Waals surface area (Å²) >= 11 is 0. The zero-order valence-electron chi connectivity index (χ0n) is 11.6. The van der Waals surface area contributed by atoms with Crippen LogP contribution >= 0.6 is 0 Å². The van der Waals surface area contributed by atoms with Gasteiger partial charge in [0.2, 0.25) is 0 Å². The van der Waals surface area contributed by atoms with E-state index in [-0.39, 0.29) is 11.1 Å². The minimum absolute atomic E-state index is 0.150. The summed E-state index contributed by atoms with van der Waals surface area (Å²) in [5.41, 5.74) is -0.428. The van der Waals surface area contributed by atoms with Crippen LogP contribution < -0.4 is 5.14 Å². The Hall–Kier alpha value is -0.950. The lowest BCUT2D eigenvalue weighted by Crippen LogP contribution is -2.30. The lowest BCUT2D eigenvalue weighted by atomic mass is 10.0. The van der Waals surface area contributed by atoms with Crippen molar-refractivity contribution < 1.29 is 8.42 Å². The molecule has 2 N–H and O–H groups in total. The van der Waals surface area contributed by atoms with Crippen molar-refractivity contribution in [2.24, 2.45) is 5.14 Å². The van der Waals surface area contributed by atoms with E-state index in [9.17, 15) is 8.42 Å². The van der Waals surface area contributed by atoms with E-state index < -0.39 is 15.6 Å².